The fourth-order valence-corrected chi connectivity index (χ4v) is 2.20. The second kappa shape index (κ2) is 4.82. The normalized spacial score (nSPS) is 19.7. The first-order valence-corrected chi connectivity index (χ1v) is 6.65. The summed E-state index contributed by atoms with van der Waals surface area (Å²) in [6, 6.07) is 0. The van der Waals surface area contributed by atoms with Gasteiger partial charge in [-0.05, 0) is 11.1 Å². The molecule has 7 heteroatoms. The standard InChI is InChI=1S/C12H9F3O3S/c13-12(14,15)19(16,17)18-11-9-5-1-2-6-10(11)8-4-3-7-9/h1-8,11H. The Morgan fingerprint density at radius 2 is 1.42 bits per heavy atom. The molecule has 0 fully saturated rings. The van der Waals surface area contributed by atoms with Crippen molar-refractivity contribution in [3.05, 3.63) is 59.8 Å². The number of rotatable bonds is 2. The zero-order valence-electron chi connectivity index (χ0n) is 9.46. The smallest absolute Gasteiger partial charge is 0.250 e. The molecular weight excluding hydrogens is 281 g/mol. The van der Waals surface area contributed by atoms with Gasteiger partial charge in [-0.3, -0.25) is 4.18 Å². The van der Waals surface area contributed by atoms with Gasteiger partial charge in [-0.2, -0.15) is 21.6 Å². The van der Waals surface area contributed by atoms with E-state index in [1.54, 1.807) is 24.3 Å². The van der Waals surface area contributed by atoms with Crippen LogP contribution in [0.4, 0.5) is 13.2 Å². The summed E-state index contributed by atoms with van der Waals surface area (Å²) in [6.07, 6.45) is 11.1. The van der Waals surface area contributed by atoms with Crippen LogP contribution in [-0.2, 0) is 14.3 Å². The fourth-order valence-electron chi connectivity index (χ4n) is 1.61. The topological polar surface area (TPSA) is 43.4 Å². The van der Waals surface area contributed by atoms with Gasteiger partial charge in [0.05, 0.1) is 0 Å². The van der Waals surface area contributed by atoms with Crippen LogP contribution >= 0.6 is 0 Å². The number of alkyl halides is 3. The summed E-state index contributed by atoms with van der Waals surface area (Å²) in [5.74, 6) is 0. The van der Waals surface area contributed by atoms with Gasteiger partial charge in [0.1, 0.15) is 6.10 Å². The molecule has 0 atom stereocenters. The molecule has 2 rings (SSSR count). The lowest BCUT2D eigenvalue weighted by atomic mass is 10.0. The molecule has 0 saturated carbocycles. The van der Waals surface area contributed by atoms with E-state index in [2.05, 4.69) is 4.18 Å². The second-order valence-electron chi connectivity index (χ2n) is 3.81. The molecule has 102 valence electrons. The number of hydrogen-bond acceptors (Lipinski definition) is 3. The molecule has 3 nitrogen and oxygen atoms in total. The molecule has 0 spiro atoms. The van der Waals surface area contributed by atoms with E-state index in [9.17, 15) is 21.6 Å². The number of hydrogen-bond donors (Lipinski definition) is 0. The third-order valence-corrected chi connectivity index (χ3v) is 3.50. The summed E-state index contributed by atoms with van der Waals surface area (Å²) in [5.41, 5.74) is -4.78. The van der Waals surface area contributed by atoms with E-state index in [0.29, 0.717) is 11.1 Å². The van der Waals surface area contributed by atoms with Crippen LogP contribution in [0.1, 0.15) is 0 Å². The quantitative estimate of drug-likeness (QED) is 0.580. The summed E-state index contributed by atoms with van der Waals surface area (Å²) >= 11 is 0. The third-order valence-electron chi connectivity index (χ3n) is 2.49. The lowest BCUT2D eigenvalue weighted by molar-refractivity contribution is -0.0552. The van der Waals surface area contributed by atoms with Crippen LogP contribution in [0.3, 0.4) is 0 Å². The molecular formula is C12H9F3O3S. The highest BCUT2D eigenvalue weighted by molar-refractivity contribution is 7.87. The summed E-state index contributed by atoms with van der Waals surface area (Å²) in [4.78, 5) is 0. The molecule has 0 saturated heterocycles. The van der Waals surface area contributed by atoms with Crippen LogP contribution in [0.25, 0.3) is 0 Å². The van der Waals surface area contributed by atoms with Crippen LogP contribution in [0.5, 0.6) is 0 Å². The van der Waals surface area contributed by atoms with E-state index >= 15 is 0 Å². The van der Waals surface area contributed by atoms with Crippen molar-refractivity contribution in [2.24, 2.45) is 0 Å². The minimum Gasteiger partial charge on any atom is -0.250 e. The average molecular weight is 290 g/mol. The minimum absolute atomic E-state index is 0.331. The van der Waals surface area contributed by atoms with Crippen molar-refractivity contribution < 1.29 is 25.8 Å². The van der Waals surface area contributed by atoms with Crippen molar-refractivity contribution in [3.63, 3.8) is 0 Å². The first kappa shape index (κ1) is 13.8. The summed E-state index contributed by atoms with van der Waals surface area (Å²) in [7, 11) is -5.65. The zero-order chi connectivity index (χ0) is 14.1. The lowest BCUT2D eigenvalue weighted by Gasteiger charge is -2.19. The maximum Gasteiger partial charge on any atom is 0.523 e. The molecule has 2 aliphatic carbocycles. The highest BCUT2D eigenvalue weighted by Gasteiger charge is 2.49. The molecule has 0 aromatic heterocycles. The van der Waals surface area contributed by atoms with Crippen molar-refractivity contribution in [3.8, 4) is 0 Å². The van der Waals surface area contributed by atoms with Crippen molar-refractivity contribution >= 4 is 10.1 Å². The Morgan fingerprint density at radius 1 is 0.947 bits per heavy atom. The van der Waals surface area contributed by atoms with Crippen LogP contribution in [-0.4, -0.2) is 20.0 Å². The average Bonchev–Trinajstić information content (AvgIpc) is 2.59. The Hall–Kier alpha value is -1.60. The van der Waals surface area contributed by atoms with E-state index in [-0.39, 0.29) is 0 Å². The molecule has 0 aromatic carbocycles. The first-order valence-electron chi connectivity index (χ1n) is 5.24. The van der Waals surface area contributed by atoms with E-state index in [0.717, 1.165) is 0 Å². The van der Waals surface area contributed by atoms with Gasteiger partial charge in [-0.25, -0.2) is 0 Å². The lowest BCUT2D eigenvalue weighted by Crippen LogP contribution is -2.31. The van der Waals surface area contributed by atoms with Gasteiger partial charge in [0.2, 0.25) is 0 Å². The summed E-state index contributed by atoms with van der Waals surface area (Å²) in [5, 5.41) is 0. The van der Waals surface area contributed by atoms with Crippen molar-refractivity contribution in [2.45, 2.75) is 11.6 Å². The van der Waals surface area contributed by atoms with Crippen LogP contribution in [0.15, 0.2) is 59.8 Å². The molecule has 0 radical (unpaired) electrons. The van der Waals surface area contributed by atoms with Gasteiger partial charge in [0, 0.05) is 0 Å². The van der Waals surface area contributed by atoms with Crippen molar-refractivity contribution in [1.82, 2.24) is 0 Å². The number of allylic oxidation sites excluding steroid dienone is 6. The molecule has 2 bridgehead atoms. The minimum atomic E-state index is -5.65. The van der Waals surface area contributed by atoms with Crippen LogP contribution in [0.2, 0.25) is 0 Å². The van der Waals surface area contributed by atoms with Gasteiger partial charge in [0.15, 0.2) is 0 Å². The maximum atomic E-state index is 12.4. The molecule has 0 N–H and O–H groups in total. The van der Waals surface area contributed by atoms with E-state index < -0.39 is 21.7 Å². The molecule has 2 aliphatic rings. The molecule has 0 unspecified atom stereocenters. The fraction of sp³-hybridized carbons (Fsp3) is 0.167. The predicted molar refractivity (Wildman–Crippen MR) is 63.4 cm³/mol. The van der Waals surface area contributed by atoms with E-state index in [1.165, 1.54) is 24.3 Å². The van der Waals surface area contributed by atoms with Gasteiger partial charge >= 0.3 is 15.6 Å². The molecule has 0 aliphatic heterocycles. The Labute approximate surface area is 108 Å². The largest absolute Gasteiger partial charge is 0.523 e. The van der Waals surface area contributed by atoms with Gasteiger partial charge in [0.25, 0.3) is 0 Å². The van der Waals surface area contributed by atoms with E-state index in [4.69, 9.17) is 0 Å². The number of fused-ring (bicyclic) bond motifs is 2. The zero-order valence-corrected chi connectivity index (χ0v) is 10.3. The Balaban J connectivity index is 2.40. The van der Waals surface area contributed by atoms with Gasteiger partial charge < -0.3 is 0 Å². The Morgan fingerprint density at radius 3 is 1.84 bits per heavy atom. The highest BCUT2D eigenvalue weighted by Crippen LogP contribution is 2.31. The van der Waals surface area contributed by atoms with Crippen LogP contribution in [0, 0.1) is 0 Å². The maximum absolute atomic E-state index is 12.4. The summed E-state index contributed by atoms with van der Waals surface area (Å²) in [6.45, 7) is 0. The van der Waals surface area contributed by atoms with Crippen molar-refractivity contribution in [2.75, 3.05) is 0 Å². The predicted octanol–water partition coefficient (Wildman–Crippen LogP) is 2.77. The monoisotopic (exact) mass is 290 g/mol. The molecule has 0 amide bonds. The van der Waals surface area contributed by atoms with E-state index in [1.807, 2.05) is 0 Å². The van der Waals surface area contributed by atoms with Gasteiger partial charge in [-0.15, -0.1) is 0 Å². The molecule has 19 heavy (non-hydrogen) atoms. The molecule has 0 heterocycles. The van der Waals surface area contributed by atoms with Crippen molar-refractivity contribution in [1.29, 1.82) is 0 Å². The highest BCUT2D eigenvalue weighted by atomic mass is 32.2. The third kappa shape index (κ3) is 2.87. The Bertz CT molecular complexity index is 587. The molecule has 0 aromatic rings. The second-order valence-corrected chi connectivity index (χ2v) is 5.38. The van der Waals surface area contributed by atoms with Gasteiger partial charge in [-0.1, -0.05) is 48.6 Å². The summed E-state index contributed by atoms with van der Waals surface area (Å²) < 4.78 is 63.6. The SMILES string of the molecule is O=S(=O)(OC1C2=CC=CC=C1C=CC=C2)C(F)(F)F. The van der Waals surface area contributed by atoms with Crippen LogP contribution < -0.4 is 0 Å². The number of halogens is 3. The Kier molecular flexibility index (Phi) is 3.51. The first-order chi connectivity index (χ1) is 8.81.